The van der Waals surface area contributed by atoms with E-state index in [-0.39, 0.29) is 18.7 Å². The molecular weight excluding hydrogens is 388 g/mol. The van der Waals surface area contributed by atoms with Crippen LogP contribution in [0, 0.1) is 0 Å². The molecule has 3 aromatic rings. The summed E-state index contributed by atoms with van der Waals surface area (Å²) in [6, 6.07) is 12.0. The van der Waals surface area contributed by atoms with Crippen LogP contribution >= 0.6 is 11.3 Å². The number of amides is 1. The number of unbranched alkanes of at least 4 members (excludes halogenated alkanes) is 1. The van der Waals surface area contributed by atoms with Crippen molar-refractivity contribution in [1.29, 1.82) is 0 Å². The molecule has 0 unspecified atom stereocenters. The molecule has 1 aromatic heterocycles. The summed E-state index contributed by atoms with van der Waals surface area (Å²) < 4.78 is 5.96. The van der Waals surface area contributed by atoms with Gasteiger partial charge < -0.3 is 15.2 Å². The van der Waals surface area contributed by atoms with Crippen LogP contribution in [0.4, 0.5) is 0 Å². The molecule has 2 aromatic carbocycles. The topological polar surface area (TPSA) is 88.5 Å². The summed E-state index contributed by atoms with van der Waals surface area (Å²) in [4.78, 5) is 27.4. The van der Waals surface area contributed by atoms with Crippen molar-refractivity contribution >= 4 is 34.0 Å². The predicted octanol–water partition coefficient (Wildman–Crippen LogP) is 3.96. The van der Waals surface area contributed by atoms with Crippen molar-refractivity contribution in [2.45, 2.75) is 39.2 Å². The second-order valence-electron chi connectivity index (χ2n) is 6.72. The molecule has 0 aliphatic carbocycles. The lowest BCUT2D eigenvalue weighted by Gasteiger charge is -2.15. The van der Waals surface area contributed by atoms with E-state index in [1.165, 1.54) is 11.3 Å². The second kappa shape index (κ2) is 10.0. The number of benzene rings is 2. The van der Waals surface area contributed by atoms with Crippen LogP contribution in [0.5, 0.6) is 5.75 Å². The lowest BCUT2D eigenvalue weighted by molar-refractivity contribution is -0.136. The zero-order chi connectivity index (χ0) is 20.6. The number of hydrogen-bond donors (Lipinski definition) is 2. The maximum Gasteiger partial charge on any atom is 0.309 e. The summed E-state index contributed by atoms with van der Waals surface area (Å²) in [5.41, 5.74) is 1.43. The fraction of sp³-hybridized carbons (Fsp3) is 0.318. The zero-order valence-electron chi connectivity index (χ0n) is 16.3. The SMILES string of the molecule is CCCCOc1ccc2ccccc2c1CNC(=O)Cc1nc(CC(=O)O)cs1. The number of nitrogens with one attached hydrogen (secondary N) is 1. The molecular formula is C22H24N2O4S. The standard InChI is InChI=1S/C22H24N2O4S/c1-2-3-10-28-19-9-8-15-6-4-5-7-17(15)18(19)13-23-20(25)12-21-24-16(14-29-21)11-22(26)27/h4-9,14H,2-3,10-13H2,1H3,(H,23,25)(H,26,27). The third-order valence-electron chi connectivity index (χ3n) is 4.46. The largest absolute Gasteiger partial charge is 0.493 e. The summed E-state index contributed by atoms with van der Waals surface area (Å²) in [5.74, 6) is -0.304. The number of carboxylic acids is 1. The van der Waals surface area contributed by atoms with Gasteiger partial charge in [0.2, 0.25) is 5.91 Å². The van der Waals surface area contributed by atoms with Gasteiger partial charge in [0, 0.05) is 17.5 Å². The molecule has 0 saturated carbocycles. The minimum atomic E-state index is -0.933. The van der Waals surface area contributed by atoms with Crippen LogP contribution in [0.3, 0.4) is 0 Å². The van der Waals surface area contributed by atoms with Gasteiger partial charge in [-0.2, -0.15) is 0 Å². The van der Waals surface area contributed by atoms with E-state index in [1.54, 1.807) is 5.38 Å². The molecule has 1 heterocycles. The molecule has 152 valence electrons. The molecule has 29 heavy (non-hydrogen) atoms. The Balaban J connectivity index is 1.69. The van der Waals surface area contributed by atoms with Crippen LogP contribution in [0.2, 0.25) is 0 Å². The van der Waals surface area contributed by atoms with Crippen molar-refractivity contribution < 1.29 is 19.4 Å². The van der Waals surface area contributed by atoms with Gasteiger partial charge >= 0.3 is 5.97 Å². The van der Waals surface area contributed by atoms with Gasteiger partial charge in [0.25, 0.3) is 0 Å². The molecule has 6 nitrogen and oxygen atoms in total. The highest BCUT2D eigenvalue weighted by Gasteiger charge is 2.13. The fourth-order valence-electron chi connectivity index (χ4n) is 3.01. The Labute approximate surface area is 173 Å². The van der Waals surface area contributed by atoms with Crippen molar-refractivity contribution in [2.75, 3.05) is 6.61 Å². The smallest absolute Gasteiger partial charge is 0.309 e. The number of aromatic nitrogens is 1. The van der Waals surface area contributed by atoms with Gasteiger partial charge in [-0.25, -0.2) is 4.98 Å². The molecule has 3 rings (SSSR count). The number of fused-ring (bicyclic) bond motifs is 1. The van der Waals surface area contributed by atoms with E-state index in [1.807, 2.05) is 36.4 Å². The highest BCUT2D eigenvalue weighted by molar-refractivity contribution is 7.09. The van der Waals surface area contributed by atoms with E-state index in [0.29, 0.717) is 23.9 Å². The van der Waals surface area contributed by atoms with Gasteiger partial charge in [-0.05, 0) is 23.3 Å². The van der Waals surface area contributed by atoms with Gasteiger partial charge in [0.05, 0.1) is 25.1 Å². The molecule has 0 fully saturated rings. The number of hydrogen-bond acceptors (Lipinski definition) is 5. The summed E-state index contributed by atoms with van der Waals surface area (Å²) >= 11 is 1.30. The Hall–Kier alpha value is -2.93. The molecule has 7 heteroatoms. The second-order valence-corrected chi connectivity index (χ2v) is 7.66. The fourth-order valence-corrected chi connectivity index (χ4v) is 3.81. The number of nitrogens with zero attached hydrogens (tertiary/aromatic N) is 1. The van der Waals surface area contributed by atoms with Crippen molar-refractivity contribution in [1.82, 2.24) is 10.3 Å². The lowest BCUT2D eigenvalue weighted by Crippen LogP contribution is -2.25. The maximum absolute atomic E-state index is 12.4. The Morgan fingerprint density at radius 1 is 1.17 bits per heavy atom. The van der Waals surface area contributed by atoms with Crippen molar-refractivity contribution in [3.8, 4) is 5.75 Å². The average Bonchev–Trinajstić information content (AvgIpc) is 3.12. The molecule has 0 saturated heterocycles. The summed E-state index contributed by atoms with van der Waals surface area (Å²) in [5, 5.41) is 16.2. The molecule has 2 N–H and O–H groups in total. The maximum atomic E-state index is 12.4. The third-order valence-corrected chi connectivity index (χ3v) is 5.36. The van der Waals surface area contributed by atoms with Gasteiger partial charge in [-0.15, -0.1) is 11.3 Å². The number of rotatable bonds is 10. The van der Waals surface area contributed by atoms with Crippen LogP contribution in [0.1, 0.15) is 36.0 Å². The van der Waals surface area contributed by atoms with Gasteiger partial charge in [0.1, 0.15) is 10.8 Å². The Morgan fingerprint density at radius 2 is 2.00 bits per heavy atom. The first-order valence-electron chi connectivity index (χ1n) is 9.62. The zero-order valence-corrected chi connectivity index (χ0v) is 17.1. The van der Waals surface area contributed by atoms with Crippen LogP contribution < -0.4 is 10.1 Å². The van der Waals surface area contributed by atoms with Gasteiger partial charge in [-0.3, -0.25) is 9.59 Å². The van der Waals surface area contributed by atoms with E-state index < -0.39 is 5.97 Å². The minimum Gasteiger partial charge on any atom is -0.493 e. The summed E-state index contributed by atoms with van der Waals surface area (Å²) in [6.45, 7) is 3.11. The first kappa shape index (κ1) is 20.8. The molecule has 1 amide bonds. The summed E-state index contributed by atoms with van der Waals surface area (Å²) in [7, 11) is 0. The van der Waals surface area contributed by atoms with Crippen molar-refractivity contribution in [3.63, 3.8) is 0 Å². The quantitative estimate of drug-likeness (QED) is 0.492. The van der Waals surface area contributed by atoms with Crippen LogP contribution in [-0.4, -0.2) is 28.6 Å². The normalized spacial score (nSPS) is 10.8. The Kier molecular flexibility index (Phi) is 7.19. The number of carboxylic acid groups (broad SMARTS) is 1. The van der Waals surface area contributed by atoms with E-state index in [4.69, 9.17) is 9.84 Å². The van der Waals surface area contributed by atoms with E-state index in [9.17, 15) is 9.59 Å². The molecule has 0 radical (unpaired) electrons. The number of ether oxygens (including phenoxy) is 1. The molecule has 0 aliphatic rings. The lowest BCUT2D eigenvalue weighted by atomic mass is 10.0. The highest BCUT2D eigenvalue weighted by Crippen LogP contribution is 2.28. The number of aliphatic carboxylic acids is 1. The van der Waals surface area contributed by atoms with E-state index in [2.05, 4.69) is 17.2 Å². The van der Waals surface area contributed by atoms with E-state index >= 15 is 0 Å². The van der Waals surface area contributed by atoms with Crippen molar-refractivity contribution in [3.05, 3.63) is 58.0 Å². The predicted molar refractivity (Wildman–Crippen MR) is 113 cm³/mol. The van der Waals surface area contributed by atoms with Crippen LogP contribution in [0.15, 0.2) is 41.8 Å². The highest BCUT2D eigenvalue weighted by atomic mass is 32.1. The number of carbonyl (C=O) groups is 2. The third kappa shape index (κ3) is 5.77. The first-order valence-corrected chi connectivity index (χ1v) is 10.5. The monoisotopic (exact) mass is 412 g/mol. The van der Waals surface area contributed by atoms with Crippen LogP contribution in [0.25, 0.3) is 10.8 Å². The molecule has 0 atom stereocenters. The van der Waals surface area contributed by atoms with Gasteiger partial charge in [0.15, 0.2) is 0 Å². The Morgan fingerprint density at radius 3 is 2.79 bits per heavy atom. The summed E-state index contributed by atoms with van der Waals surface area (Å²) in [6.07, 6.45) is 2.02. The number of thiazole rings is 1. The molecule has 0 aliphatic heterocycles. The molecule has 0 bridgehead atoms. The molecule has 0 spiro atoms. The minimum absolute atomic E-state index is 0.126. The van der Waals surface area contributed by atoms with Gasteiger partial charge in [-0.1, -0.05) is 43.7 Å². The first-order chi connectivity index (χ1) is 14.1. The average molecular weight is 413 g/mol. The number of carbonyl (C=O) groups excluding carboxylic acids is 1. The van der Waals surface area contributed by atoms with Crippen LogP contribution in [-0.2, 0) is 29.0 Å². The Bertz CT molecular complexity index is 999. The van der Waals surface area contributed by atoms with Crippen molar-refractivity contribution in [2.24, 2.45) is 0 Å². The van der Waals surface area contributed by atoms with E-state index in [0.717, 1.165) is 34.9 Å².